The van der Waals surface area contributed by atoms with Gasteiger partial charge in [-0.3, -0.25) is 0 Å². The standard InChI is InChI=1S/C10H21N/c1-8-4-5-9(2)7-10(6-8)11-3/h8-11H,4-7H2,1-3H3/t8-,9+,10?. The van der Waals surface area contributed by atoms with E-state index < -0.39 is 0 Å². The minimum absolute atomic E-state index is 0.780. The molecule has 11 heavy (non-hydrogen) atoms. The van der Waals surface area contributed by atoms with E-state index in [1.807, 2.05) is 0 Å². The zero-order valence-electron chi connectivity index (χ0n) is 8.06. The van der Waals surface area contributed by atoms with Crippen LogP contribution in [0, 0.1) is 11.8 Å². The Morgan fingerprint density at radius 2 is 1.45 bits per heavy atom. The summed E-state index contributed by atoms with van der Waals surface area (Å²) in [5.41, 5.74) is 0. The molecule has 66 valence electrons. The van der Waals surface area contributed by atoms with Gasteiger partial charge >= 0.3 is 0 Å². The van der Waals surface area contributed by atoms with Gasteiger partial charge in [0.25, 0.3) is 0 Å². The van der Waals surface area contributed by atoms with Gasteiger partial charge in [0.15, 0.2) is 0 Å². The Bertz CT molecular complexity index is 99.4. The van der Waals surface area contributed by atoms with Crippen molar-refractivity contribution in [1.82, 2.24) is 5.32 Å². The summed E-state index contributed by atoms with van der Waals surface area (Å²) < 4.78 is 0. The minimum atomic E-state index is 0.780. The first-order valence-corrected chi connectivity index (χ1v) is 4.89. The number of rotatable bonds is 1. The van der Waals surface area contributed by atoms with E-state index in [1.54, 1.807) is 0 Å². The molecule has 1 unspecified atom stereocenters. The molecule has 3 atom stereocenters. The van der Waals surface area contributed by atoms with E-state index in [2.05, 4.69) is 26.2 Å². The molecule has 0 heterocycles. The molecule has 0 aromatic rings. The van der Waals surface area contributed by atoms with Crippen LogP contribution in [0.15, 0.2) is 0 Å². The first-order valence-electron chi connectivity index (χ1n) is 4.89. The molecule has 0 aromatic heterocycles. The third-order valence-electron chi connectivity index (χ3n) is 2.93. The molecule has 1 nitrogen and oxygen atoms in total. The van der Waals surface area contributed by atoms with Gasteiger partial charge in [0.05, 0.1) is 0 Å². The summed E-state index contributed by atoms with van der Waals surface area (Å²) in [5.74, 6) is 1.86. The van der Waals surface area contributed by atoms with E-state index in [0.29, 0.717) is 0 Å². The van der Waals surface area contributed by atoms with Crippen LogP contribution < -0.4 is 5.32 Å². The summed E-state index contributed by atoms with van der Waals surface area (Å²) in [5, 5.41) is 3.40. The van der Waals surface area contributed by atoms with Gasteiger partial charge in [0, 0.05) is 6.04 Å². The maximum Gasteiger partial charge on any atom is 0.00691 e. The predicted octanol–water partition coefficient (Wildman–Crippen LogP) is 2.42. The third kappa shape index (κ3) is 2.82. The van der Waals surface area contributed by atoms with Gasteiger partial charge in [0.1, 0.15) is 0 Å². The fourth-order valence-corrected chi connectivity index (χ4v) is 2.11. The van der Waals surface area contributed by atoms with Gasteiger partial charge in [-0.05, 0) is 31.7 Å². The fourth-order valence-electron chi connectivity index (χ4n) is 2.11. The maximum absolute atomic E-state index is 3.40. The van der Waals surface area contributed by atoms with Crippen molar-refractivity contribution in [3.05, 3.63) is 0 Å². The second kappa shape index (κ2) is 4.10. The Morgan fingerprint density at radius 3 is 1.82 bits per heavy atom. The van der Waals surface area contributed by atoms with Crippen molar-refractivity contribution in [2.75, 3.05) is 7.05 Å². The van der Waals surface area contributed by atoms with Crippen molar-refractivity contribution < 1.29 is 0 Å². The predicted molar refractivity (Wildman–Crippen MR) is 49.6 cm³/mol. The maximum atomic E-state index is 3.40. The monoisotopic (exact) mass is 155 g/mol. The van der Waals surface area contributed by atoms with Gasteiger partial charge in [-0.1, -0.05) is 26.7 Å². The zero-order chi connectivity index (χ0) is 8.27. The normalized spacial score (nSPS) is 40.1. The summed E-state index contributed by atoms with van der Waals surface area (Å²) in [7, 11) is 2.09. The van der Waals surface area contributed by atoms with Gasteiger partial charge < -0.3 is 5.32 Å². The molecule has 1 rings (SSSR count). The van der Waals surface area contributed by atoms with Crippen LogP contribution in [0.4, 0.5) is 0 Å². The lowest BCUT2D eigenvalue weighted by Crippen LogP contribution is -2.27. The van der Waals surface area contributed by atoms with Crippen LogP contribution in [0.2, 0.25) is 0 Å². The number of hydrogen-bond acceptors (Lipinski definition) is 1. The van der Waals surface area contributed by atoms with Crippen molar-refractivity contribution >= 4 is 0 Å². The molecule has 1 aliphatic rings. The minimum Gasteiger partial charge on any atom is -0.317 e. The molecule has 0 aliphatic heterocycles. The van der Waals surface area contributed by atoms with Crippen LogP contribution in [0.5, 0.6) is 0 Å². The summed E-state index contributed by atoms with van der Waals surface area (Å²) >= 11 is 0. The van der Waals surface area contributed by atoms with Crippen LogP contribution >= 0.6 is 0 Å². The third-order valence-corrected chi connectivity index (χ3v) is 2.93. The summed E-state index contributed by atoms with van der Waals surface area (Å²) in [4.78, 5) is 0. The number of hydrogen-bond donors (Lipinski definition) is 1. The highest BCUT2D eigenvalue weighted by molar-refractivity contribution is 4.75. The van der Waals surface area contributed by atoms with E-state index in [0.717, 1.165) is 17.9 Å². The van der Waals surface area contributed by atoms with E-state index in [4.69, 9.17) is 0 Å². The van der Waals surface area contributed by atoms with Crippen LogP contribution in [0.25, 0.3) is 0 Å². The van der Waals surface area contributed by atoms with E-state index in [9.17, 15) is 0 Å². The van der Waals surface area contributed by atoms with E-state index in [1.165, 1.54) is 25.7 Å². The summed E-state index contributed by atoms with van der Waals surface area (Å²) in [6.45, 7) is 4.75. The molecule has 0 spiro atoms. The van der Waals surface area contributed by atoms with Crippen LogP contribution in [-0.2, 0) is 0 Å². The molecule has 0 aromatic carbocycles. The number of nitrogens with one attached hydrogen (secondary N) is 1. The summed E-state index contributed by atoms with van der Waals surface area (Å²) in [6.07, 6.45) is 5.61. The average Bonchev–Trinajstić information content (AvgIpc) is 2.13. The molecule has 1 aliphatic carbocycles. The van der Waals surface area contributed by atoms with Crippen molar-refractivity contribution in [3.8, 4) is 0 Å². The molecule has 0 radical (unpaired) electrons. The SMILES string of the molecule is CNC1C[C@H](C)CC[C@H](C)C1. The molecule has 1 saturated carbocycles. The highest BCUT2D eigenvalue weighted by Crippen LogP contribution is 2.26. The Labute approximate surface area is 70.6 Å². The van der Waals surface area contributed by atoms with Gasteiger partial charge in [-0.2, -0.15) is 0 Å². The zero-order valence-corrected chi connectivity index (χ0v) is 8.06. The Balaban J connectivity index is 2.41. The topological polar surface area (TPSA) is 12.0 Å². The molecular formula is C10H21N. The molecular weight excluding hydrogens is 134 g/mol. The van der Waals surface area contributed by atoms with Crippen molar-refractivity contribution in [2.45, 2.75) is 45.6 Å². The van der Waals surface area contributed by atoms with E-state index in [-0.39, 0.29) is 0 Å². The smallest absolute Gasteiger partial charge is 0.00691 e. The van der Waals surface area contributed by atoms with E-state index >= 15 is 0 Å². The second-order valence-corrected chi connectivity index (χ2v) is 4.24. The largest absolute Gasteiger partial charge is 0.317 e. The average molecular weight is 155 g/mol. The Morgan fingerprint density at radius 1 is 1.00 bits per heavy atom. The lowest BCUT2D eigenvalue weighted by molar-refractivity contribution is 0.412. The quantitative estimate of drug-likeness (QED) is 0.573. The molecule has 0 saturated heterocycles. The highest BCUT2D eigenvalue weighted by atomic mass is 14.9. The van der Waals surface area contributed by atoms with Crippen molar-refractivity contribution in [2.24, 2.45) is 11.8 Å². The van der Waals surface area contributed by atoms with Crippen molar-refractivity contribution in [3.63, 3.8) is 0 Å². The lowest BCUT2D eigenvalue weighted by Gasteiger charge is -2.17. The van der Waals surface area contributed by atoms with Crippen LogP contribution in [-0.4, -0.2) is 13.1 Å². The second-order valence-electron chi connectivity index (χ2n) is 4.24. The molecule has 1 heteroatoms. The summed E-state index contributed by atoms with van der Waals surface area (Å²) in [6, 6.07) is 0.780. The Hall–Kier alpha value is -0.0400. The first kappa shape index (κ1) is 9.05. The van der Waals surface area contributed by atoms with Crippen LogP contribution in [0.3, 0.4) is 0 Å². The molecule has 0 bridgehead atoms. The Kier molecular flexibility index (Phi) is 3.38. The van der Waals surface area contributed by atoms with Crippen LogP contribution in [0.1, 0.15) is 39.5 Å². The molecule has 1 fully saturated rings. The van der Waals surface area contributed by atoms with Gasteiger partial charge in [-0.25, -0.2) is 0 Å². The fraction of sp³-hybridized carbons (Fsp3) is 1.00. The lowest BCUT2D eigenvalue weighted by atomic mass is 10.0. The highest BCUT2D eigenvalue weighted by Gasteiger charge is 2.19. The molecule has 1 N–H and O–H groups in total. The first-order chi connectivity index (χ1) is 5.22. The molecule has 0 amide bonds. The van der Waals surface area contributed by atoms with Crippen molar-refractivity contribution in [1.29, 1.82) is 0 Å². The van der Waals surface area contributed by atoms with Gasteiger partial charge in [0.2, 0.25) is 0 Å². The van der Waals surface area contributed by atoms with Gasteiger partial charge in [-0.15, -0.1) is 0 Å².